The zero-order chi connectivity index (χ0) is 43.9. The maximum atomic E-state index is 13.0. The van der Waals surface area contributed by atoms with Crippen molar-refractivity contribution >= 4 is 5.91 Å². The number of aliphatic hydroxyl groups excluding tert-OH is 6. The fraction of sp³-hybridized carbons (Fsp3) is 0.980. The third-order valence-electron chi connectivity index (χ3n) is 12.8. The lowest BCUT2D eigenvalue weighted by Crippen LogP contribution is -2.60. The van der Waals surface area contributed by atoms with Crippen LogP contribution in [0.5, 0.6) is 0 Å². The molecule has 1 saturated heterocycles. The summed E-state index contributed by atoms with van der Waals surface area (Å²) in [5, 5.41) is 65.3. The topological polar surface area (TPSA) is 169 Å². The van der Waals surface area contributed by atoms with Crippen molar-refractivity contribution in [1.29, 1.82) is 0 Å². The van der Waals surface area contributed by atoms with Crippen LogP contribution in [0.25, 0.3) is 0 Å². The molecule has 0 bridgehead atoms. The molecule has 60 heavy (non-hydrogen) atoms. The van der Waals surface area contributed by atoms with Crippen LogP contribution in [0.15, 0.2) is 0 Å². The molecular formula is C50H99NO9. The molecule has 7 N–H and O–H groups in total. The Kier molecular flexibility index (Phi) is 39.0. The highest BCUT2D eigenvalue weighted by molar-refractivity contribution is 5.76. The molecule has 1 heterocycles. The molecule has 358 valence electrons. The largest absolute Gasteiger partial charge is 0.394 e. The lowest BCUT2D eigenvalue weighted by molar-refractivity contribution is -0.303. The Morgan fingerprint density at radius 3 is 1.23 bits per heavy atom. The average molecular weight is 858 g/mol. The molecule has 8 atom stereocenters. The number of unbranched alkanes of at least 4 members (excludes halogenated alkanes) is 33. The van der Waals surface area contributed by atoms with Gasteiger partial charge in [-0.25, -0.2) is 0 Å². The molecule has 1 rings (SSSR count). The van der Waals surface area contributed by atoms with E-state index in [-0.39, 0.29) is 18.9 Å². The van der Waals surface area contributed by atoms with Crippen LogP contribution < -0.4 is 5.32 Å². The van der Waals surface area contributed by atoms with Gasteiger partial charge in [0.2, 0.25) is 5.91 Å². The number of ether oxygens (including phenoxy) is 2. The quantitative estimate of drug-likeness (QED) is 0.0295. The molecule has 0 radical (unpaired) electrons. The highest BCUT2D eigenvalue weighted by Crippen LogP contribution is 2.23. The maximum Gasteiger partial charge on any atom is 0.220 e. The third-order valence-corrected chi connectivity index (χ3v) is 12.8. The van der Waals surface area contributed by atoms with Crippen molar-refractivity contribution in [1.82, 2.24) is 5.32 Å². The number of aliphatic hydroxyl groups is 6. The minimum absolute atomic E-state index is 0.252. The highest BCUT2D eigenvalue weighted by Gasteiger charge is 2.44. The van der Waals surface area contributed by atoms with E-state index in [2.05, 4.69) is 19.2 Å². The van der Waals surface area contributed by atoms with Gasteiger partial charge in [0.15, 0.2) is 6.29 Å². The van der Waals surface area contributed by atoms with Crippen LogP contribution in [0.1, 0.15) is 251 Å². The van der Waals surface area contributed by atoms with Crippen LogP contribution in [0.4, 0.5) is 0 Å². The van der Waals surface area contributed by atoms with Gasteiger partial charge in [0, 0.05) is 6.42 Å². The first-order chi connectivity index (χ1) is 29.3. The second kappa shape index (κ2) is 40.9. The SMILES string of the molecule is CCCCCCCCCCCCCCCCCCCCCCCCCC(=O)N[C@@H](CO[C@H]1OC(CO)[C@H](O)C(O)C1O)[C@H](O)[C@H](O)CCCCCCCCCCCCCC. The number of nitrogens with one attached hydrogen (secondary N) is 1. The van der Waals surface area contributed by atoms with Crippen molar-refractivity contribution in [3.8, 4) is 0 Å². The van der Waals surface area contributed by atoms with Gasteiger partial charge in [-0.05, 0) is 12.8 Å². The number of amides is 1. The monoisotopic (exact) mass is 858 g/mol. The molecule has 10 nitrogen and oxygen atoms in total. The Balaban J connectivity index is 2.26. The molecular weight excluding hydrogens is 759 g/mol. The number of carbonyl (C=O) groups excluding carboxylic acids is 1. The summed E-state index contributed by atoms with van der Waals surface area (Å²) in [5.74, 6) is -0.252. The Morgan fingerprint density at radius 2 is 0.867 bits per heavy atom. The van der Waals surface area contributed by atoms with Crippen LogP contribution in [0.2, 0.25) is 0 Å². The molecule has 0 saturated carbocycles. The van der Waals surface area contributed by atoms with E-state index in [0.717, 1.165) is 38.5 Å². The molecule has 0 aromatic heterocycles. The van der Waals surface area contributed by atoms with Gasteiger partial charge in [-0.1, -0.05) is 232 Å². The molecule has 1 aliphatic rings. The summed E-state index contributed by atoms with van der Waals surface area (Å²) < 4.78 is 11.2. The zero-order valence-corrected chi connectivity index (χ0v) is 39.1. The summed E-state index contributed by atoms with van der Waals surface area (Å²) in [6.45, 7) is 3.63. The molecule has 0 aliphatic carbocycles. The molecule has 3 unspecified atom stereocenters. The van der Waals surface area contributed by atoms with E-state index >= 15 is 0 Å². The maximum absolute atomic E-state index is 13.0. The van der Waals surface area contributed by atoms with Gasteiger partial charge in [-0.2, -0.15) is 0 Å². The summed E-state index contributed by atoms with van der Waals surface area (Å²) >= 11 is 0. The summed E-state index contributed by atoms with van der Waals surface area (Å²) in [5.41, 5.74) is 0. The number of hydrogen-bond donors (Lipinski definition) is 7. The second-order valence-electron chi connectivity index (χ2n) is 18.5. The van der Waals surface area contributed by atoms with Crippen molar-refractivity contribution in [2.45, 2.75) is 300 Å². The smallest absolute Gasteiger partial charge is 0.220 e. The van der Waals surface area contributed by atoms with E-state index in [1.807, 2.05) is 0 Å². The third kappa shape index (κ3) is 30.3. The zero-order valence-electron chi connectivity index (χ0n) is 39.1. The van der Waals surface area contributed by atoms with Crippen LogP contribution in [-0.4, -0.2) is 98.7 Å². The number of hydrogen-bond acceptors (Lipinski definition) is 9. The molecule has 0 aromatic carbocycles. The summed E-state index contributed by atoms with van der Waals surface area (Å²) in [7, 11) is 0. The van der Waals surface area contributed by atoms with Gasteiger partial charge in [-0.3, -0.25) is 4.79 Å². The van der Waals surface area contributed by atoms with E-state index in [0.29, 0.717) is 6.42 Å². The van der Waals surface area contributed by atoms with Gasteiger partial charge in [-0.15, -0.1) is 0 Å². The molecule has 1 fully saturated rings. The van der Waals surface area contributed by atoms with Gasteiger partial charge in [0.1, 0.15) is 30.5 Å². The van der Waals surface area contributed by atoms with Crippen LogP contribution in [0.3, 0.4) is 0 Å². The predicted octanol–water partition coefficient (Wildman–Crippen LogP) is 10.5. The molecule has 1 aliphatic heterocycles. The highest BCUT2D eigenvalue weighted by atomic mass is 16.7. The van der Waals surface area contributed by atoms with E-state index in [1.165, 1.54) is 186 Å². The number of rotatable bonds is 44. The predicted molar refractivity (Wildman–Crippen MR) is 246 cm³/mol. The number of carbonyl (C=O) groups is 1. The van der Waals surface area contributed by atoms with E-state index < -0.39 is 55.6 Å². The molecule has 10 heteroatoms. The molecule has 0 aromatic rings. The van der Waals surface area contributed by atoms with Crippen molar-refractivity contribution in [2.75, 3.05) is 13.2 Å². The fourth-order valence-corrected chi connectivity index (χ4v) is 8.61. The van der Waals surface area contributed by atoms with Crippen LogP contribution in [-0.2, 0) is 14.3 Å². The minimum Gasteiger partial charge on any atom is -0.394 e. The normalized spacial score (nSPS) is 21.0. The lowest BCUT2D eigenvalue weighted by Gasteiger charge is -2.40. The lowest BCUT2D eigenvalue weighted by atomic mass is 9.98. The van der Waals surface area contributed by atoms with E-state index in [1.54, 1.807) is 0 Å². The Labute approximate surface area is 368 Å². The Bertz CT molecular complexity index is 926. The van der Waals surface area contributed by atoms with E-state index in [9.17, 15) is 35.4 Å². The minimum atomic E-state index is -1.60. The van der Waals surface area contributed by atoms with Gasteiger partial charge in [0.25, 0.3) is 0 Å². The first-order valence-corrected chi connectivity index (χ1v) is 25.8. The summed E-state index contributed by atoms with van der Waals surface area (Å²) in [4.78, 5) is 13.0. The van der Waals surface area contributed by atoms with Crippen molar-refractivity contribution in [2.24, 2.45) is 0 Å². The van der Waals surface area contributed by atoms with Crippen molar-refractivity contribution < 1.29 is 44.9 Å². The fourth-order valence-electron chi connectivity index (χ4n) is 8.61. The van der Waals surface area contributed by atoms with Gasteiger partial charge >= 0.3 is 0 Å². The summed E-state index contributed by atoms with van der Waals surface area (Å²) in [6.07, 6.45) is 35.5. The first-order valence-electron chi connectivity index (χ1n) is 25.8. The molecule has 1 amide bonds. The van der Waals surface area contributed by atoms with Gasteiger partial charge in [0.05, 0.1) is 25.4 Å². The van der Waals surface area contributed by atoms with Gasteiger partial charge < -0.3 is 45.4 Å². The molecule has 0 spiro atoms. The van der Waals surface area contributed by atoms with E-state index in [4.69, 9.17) is 9.47 Å². The van der Waals surface area contributed by atoms with Crippen LogP contribution in [0, 0.1) is 0 Å². The van der Waals surface area contributed by atoms with Crippen molar-refractivity contribution in [3.05, 3.63) is 0 Å². The second-order valence-corrected chi connectivity index (χ2v) is 18.5. The Hall–Kier alpha value is -0.850. The first kappa shape index (κ1) is 57.2. The standard InChI is InChI=1S/C50H99NO9/c1-3-5-7-9-11-13-15-17-18-19-20-21-22-23-24-25-26-27-29-31-33-35-37-39-45(54)51-42(41-59-50-49(58)48(57)47(56)44(40-52)60-50)46(55)43(53)38-36-34-32-30-28-16-14-12-10-8-6-4-2/h42-44,46-50,52-53,55-58H,3-41H2,1-2H3,(H,51,54)/t42-,43+,44?,46-,47-,48?,49?,50-/m0/s1. The van der Waals surface area contributed by atoms with Crippen LogP contribution >= 0.6 is 0 Å². The van der Waals surface area contributed by atoms with Crippen molar-refractivity contribution in [3.63, 3.8) is 0 Å². The Morgan fingerprint density at radius 1 is 0.517 bits per heavy atom. The average Bonchev–Trinajstić information content (AvgIpc) is 3.25. The summed E-state index contributed by atoms with van der Waals surface area (Å²) in [6, 6.07) is -0.985.